The number of carbonyl (C=O) groups excluding carboxylic acids is 2. The van der Waals surface area contributed by atoms with Gasteiger partial charge in [0.25, 0.3) is 11.6 Å². The molecule has 1 atom stereocenters. The van der Waals surface area contributed by atoms with Crippen molar-refractivity contribution in [3.63, 3.8) is 0 Å². The molecule has 0 unspecified atom stereocenters. The number of hydrogen-bond donors (Lipinski definition) is 1. The number of amides is 1. The van der Waals surface area contributed by atoms with Crippen LogP contribution in [-0.2, 0) is 14.3 Å². The lowest BCUT2D eigenvalue weighted by molar-refractivity contribution is -0.384. The van der Waals surface area contributed by atoms with Gasteiger partial charge in [0.05, 0.1) is 17.1 Å². The van der Waals surface area contributed by atoms with Crippen molar-refractivity contribution in [1.82, 2.24) is 4.90 Å². The van der Waals surface area contributed by atoms with Gasteiger partial charge >= 0.3 is 5.97 Å². The van der Waals surface area contributed by atoms with Gasteiger partial charge in [0.2, 0.25) is 0 Å². The van der Waals surface area contributed by atoms with E-state index in [2.05, 4.69) is 12.2 Å². The predicted molar refractivity (Wildman–Crippen MR) is 98.7 cm³/mol. The zero-order chi connectivity index (χ0) is 19.8. The summed E-state index contributed by atoms with van der Waals surface area (Å²) in [6.45, 7) is 3.81. The van der Waals surface area contributed by atoms with E-state index in [1.807, 2.05) is 0 Å². The molecule has 1 aliphatic rings. The van der Waals surface area contributed by atoms with E-state index >= 15 is 0 Å². The number of nitrogens with zero attached hydrogens (tertiary/aromatic N) is 2. The van der Waals surface area contributed by atoms with Gasteiger partial charge in [-0.1, -0.05) is 6.92 Å². The van der Waals surface area contributed by atoms with Gasteiger partial charge < -0.3 is 19.7 Å². The van der Waals surface area contributed by atoms with E-state index in [0.29, 0.717) is 37.8 Å². The Labute approximate surface area is 157 Å². The van der Waals surface area contributed by atoms with E-state index < -0.39 is 10.9 Å². The van der Waals surface area contributed by atoms with Gasteiger partial charge in [0.1, 0.15) is 0 Å². The summed E-state index contributed by atoms with van der Waals surface area (Å²) in [6.07, 6.45) is 2.01. The van der Waals surface area contributed by atoms with Crippen LogP contribution < -0.4 is 5.32 Å². The maximum atomic E-state index is 12.4. The highest BCUT2D eigenvalue weighted by molar-refractivity contribution is 5.97. The highest BCUT2D eigenvalue weighted by Crippen LogP contribution is 2.23. The third-order valence-electron chi connectivity index (χ3n) is 4.39. The number of piperidine rings is 1. The summed E-state index contributed by atoms with van der Waals surface area (Å²) < 4.78 is 10.1. The lowest BCUT2D eigenvalue weighted by Gasteiger charge is -2.30. The lowest BCUT2D eigenvalue weighted by atomic mass is 10.0. The maximum Gasteiger partial charge on any atom is 0.341 e. The fourth-order valence-corrected chi connectivity index (χ4v) is 2.97. The number of nitrogens with one attached hydrogen (secondary N) is 1. The maximum absolute atomic E-state index is 12.4. The molecule has 27 heavy (non-hydrogen) atoms. The van der Waals surface area contributed by atoms with Crippen LogP contribution in [0.15, 0.2) is 18.2 Å². The minimum atomic E-state index is -0.781. The molecule has 0 aliphatic carbocycles. The second kappa shape index (κ2) is 9.86. The molecular formula is C18H25N3O6. The third-order valence-corrected chi connectivity index (χ3v) is 4.39. The fraction of sp³-hybridized carbons (Fsp3) is 0.556. The molecule has 1 amide bonds. The summed E-state index contributed by atoms with van der Waals surface area (Å²) in [5, 5.41) is 14.0. The zero-order valence-electron chi connectivity index (χ0n) is 15.6. The highest BCUT2D eigenvalue weighted by Gasteiger charge is 2.23. The number of non-ortho nitro benzene ring substituents is 1. The van der Waals surface area contributed by atoms with Crippen LogP contribution in [0.25, 0.3) is 0 Å². The molecule has 1 aromatic rings. The first kappa shape index (κ1) is 20.6. The van der Waals surface area contributed by atoms with E-state index in [-0.39, 0.29) is 23.8 Å². The summed E-state index contributed by atoms with van der Waals surface area (Å²) in [5.41, 5.74) is 0.178. The van der Waals surface area contributed by atoms with Crippen LogP contribution in [0.4, 0.5) is 11.4 Å². The Morgan fingerprint density at radius 3 is 2.85 bits per heavy atom. The molecule has 1 saturated heterocycles. The number of rotatable bonds is 8. The molecule has 1 aromatic carbocycles. The van der Waals surface area contributed by atoms with E-state index in [4.69, 9.17) is 9.47 Å². The van der Waals surface area contributed by atoms with Gasteiger partial charge in [0, 0.05) is 44.6 Å². The number of nitro groups is 1. The van der Waals surface area contributed by atoms with E-state index in [9.17, 15) is 19.7 Å². The Balaban J connectivity index is 2.05. The Hall–Kier alpha value is -2.68. The molecule has 0 aromatic heterocycles. The molecule has 1 aliphatic heterocycles. The Kier molecular flexibility index (Phi) is 7.54. The summed E-state index contributed by atoms with van der Waals surface area (Å²) in [6, 6.07) is 3.88. The van der Waals surface area contributed by atoms with Gasteiger partial charge in [-0.15, -0.1) is 0 Å². The van der Waals surface area contributed by atoms with Gasteiger partial charge in [-0.3, -0.25) is 14.9 Å². The summed E-state index contributed by atoms with van der Waals surface area (Å²) in [4.78, 5) is 36.8. The Bertz CT molecular complexity index is 694. The van der Waals surface area contributed by atoms with Gasteiger partial charge in [-0.2, -0.15) is 0 Å². The molecular weight excluding hydrogens is 354 g/mol. The van der Waals surface area contributed by atoms with Crippen LogP contribution in [0.3, 0.4) is 0 Å². The Morgan fingerprint density at radius 2 is 2.19 bits per heavy atom. The number of anilines is 1. The highest BCUT2D eigenvalue weighted by atomic mass is 16.6. The van der Waals surface area contributed by atoms with Crippen LogP contribution in [0.2, 0.25) is 0 Å². The molecule has 0 radical (unpaired) electrons. The van der Waals surface area contributed by atoms with E-state index in [1.165, 1.54) is 12.1 Å². The molecule has 1 fully saturated rings. The largest absolute Gasteiger partial charge is 0.452 e. The van der Waals surface area contributed by atoms with Crippen molar-refractivity contribution in [3.05, 3.63) is 33.9 Å². The minimum Gasteiger partial charge on any atom is -0.452 e. The van der Waals surface area contributed by atoms with Gasteiger partial charge in [-0.25, -0.2) is 4.79 Å². The number of ether oxygens (including phenoxy) is 2. The zero-order valence-corrected chi connectivity index (χ0v) is 15.6. The van der Waals surface area contributed by atoms with Crippen LogP contribution in [-0.4, -0.2) is 61.7 Å². The van der Waals surface area contributed by atoms with Crippen LogP contribution in [0.5, 0.6) is 0 Å². The first-order chi connectivity index (χ1) is 12.9. The number of benzene rings is 1. The lowest BCUT2D eigenvalue weighted by Crippen LogP contribution is -2.41. The molecule has 148 valence electrons. The summed E-state index contributed by atoms with van der Waals surface area (Å²) in [7, 11) is 1.54. The first-order valence-corrected chi connectivity index (χ1v) is 8.88. The number of methoxy groups -OCH3 is 1. The van der Waals surface area contributed by atoms with Gasteiger partial charge in [-0.05, 0) is 24.8 Å². The fourth-order valence-electron chi connectivity index (χ4n) is 2.97. The van der Waals surface area contributed by atoms with Crippen molar-refractivity contribution in [2.75, 3.05) is 45.3 Å². The molecule has 0 bridgehead atoms. The summed E-state index contributed by atoms with van der Waals surface area (Å²) >= 11 is 0. The first-order valence-electron chi connectivity index (χ1n) is 8.88. The summed E-state index contributed by atoms with van der Waals surface area (Å²) in [5.74, 6) is -0.613. The number of esters is 1. The van der Waals surface area contributed by atoms with Crippen molar-refractivity contribution >= 4 is 23.3 Å². The van der Waals surface area contributed by atoms with E-state index in [1.54, 1.807) is 12.0 Å². The van der Waals surface area contributed by atoms with Crippen LogP contribution >= 0.6 is 0 Å². The number of hydrogen-bond acceptors (Lipinski definition) is 7. The molecule has 9 heteroatoms. The van der Waals surface area contributed by atoms with Crippen molar-refractivity contribution in [1.29, 1.82) is 0 Å². The quantitative estimate of drug-likeness (QED) is 0.318. The van der Waals surface area contributed by atoms with Crippen molar-refractivity contribution in [3.8, 4) is 0 Å². The number of carbonyl (C=O) groups is 2. The van der Waals surface area contributed by atoms with Gasteiger partial charge in [0.15, 0.2) is 6.61 Å². The smallest absolute Gasteiger partial charge is 0.341 e. The normalized spacial score (nSPS) is 16.7. The predicted octanol–water partition coefficient (Wildman–Crippen LogP) is 2.07. The van der Waals surface area contributed by atoms with Crippen molar-refractivity contribution in [2.24, 2.45) is 5.92 Å². The number of likely N-dealkylation sites (tertiary alicyclic amines) is 1. The third kappa shape index (κ3) is 5.92. The average Bonchev–Trinajstić information content (AvgIpc) is 2.66. The topological polar surface area (TPSA) is 111 Å². The van der Waals surface area contributed by atoms with Crippen LogP contribution in [0.1, 0.15) is 30.1 Å². The van der Waals surface area contributed by atoms with Crippen LogP contribution in [0, 0.1) is 16.0 Å². The second-order valence-corrected chi connectivity index (χ2v) is 6.57. The Morgan fingerprint density at radius 1 is 1.41 bits per heavy atom. The molecule has 2 rings (SSSR count). The molecule has 1 N–H and O–H groups in total. The second-order valence-electron chi connectivity index (χ2n) is 6.57. The van der Waals surface area contributed by atoms with Crippen molar-refractivity contribution < 1.29 is 24.0 Å². The van der Waals surface area contributed by atoms with Crippen molar-refractivity contribution in [2.45, 2.75) is 19.8 Å². The molecule has 1 heterocycles. The molecule has 0 spiro atoms. The van der Waals surface area contributed by atoms with E-state index in [0.717, 1.165) is 18.9 Å². The monoisotopic (exact) mass is 379 g/mol. The average molecular weight is 379 g/mol. The molecule has 9 nitrogen and oxygen atoms in total. The molecule has 0 saturated carbocycles. The standard InChI is InChI=1S/C18H25N3O6/c1-13-4-3-8-20(11-13)17(22)12-27-18(23)15-10-14(21(24)25)5-6-16(15)19-7-9-26-2/h5-6,10,13,19H,3-4,7-9,11-12H2,1-2H3/t13-/m0/s1. The number of nitro benzene ring substituents is 1. The SMILES string of the molecule is COCCNc1ccc([N+](=O)[O-])cc1C(=O)OCC(=O)N1CCC[C@H](C)C1. The minimum absolute atomic E-state index is 0.0140.